The zero-order chi connectivity index (χ0) is 23.3. The normalized spacial score (nSPS) is 11.1. The molecule has 0 unspecified atom stereocenters. The molecule has 3 aromatic carbocycles. The number of nitro groups is 1. The number of benzene rings is 3. The third kappa shape index (κ3) is 5.30. The fraction of sp³-hybridized carbons (Fsp3) is 0.174. The van der Waals surface area contributed by atoms with Crippen LogP contribution in [0.1, 0.15) is 18.1 Å². The fourth-order valence-corrected chi connectivity index (χ4v) is 4.48. The highest BCUT2D eigenvalue weighted by molar-refractivity contribution is 7.92. The average Bonchev–Trinajstić information content (AvgIpc) is 2.78. The highest BCUT2D eigenvalue weighted by Crippen LogP contribution is 2.27. The second-order valence-electron chi connectivity index (χ2n) is 7.20. The first-order chi connectivity index (χ1) is 15.2. The third-order valence-corrected chi connectivity index (χ3v) is 6.66. The van der Waals surface area contributed by atoms with Gasteiger partial charge in [0.1, 0.15) is 6.54 Å². The summed E-state index contributed by atoms with van der Waals surface area (Å²) in [5.41, 5.74) is 2.25. The van der Waals surface area contributed by atoms with Gasteiger partial charge in [0, 0.05) is 17.8 Å². The second-order valence-corrected chi connectivity index (χ2v) is 9.06. The Morgan fingerprint density at radius 1 is 1.03 bits per heavy atom. The number of aryl methyl sites for hydroxylation is 2. The van der Waals surface area contributed by atoms with Crippen molar-refractivity contribution in [2.24, 2.45) is 0 Å². The number of non-ortho nitro benzene ring substituents is 1. The van der Waals surface area contributed by atoms with E-state index in [2.05, 4.69) is 5.32 Å². The Kier molecular flexibility index (Phi) is 6.89. The monoisotopic (exact) mass is 453 g/mol. The van der Waals surface area contributed by atoms with Gasteiger partial charge < -0.3 is 5.32 Å². The van der Waals surface area contributed by atoms with Crippen LogP contribution in [0.3, 0.4) is 0 Å². The fourth-order valence-electron chi connectivity index (χ4n) is 3.07. The van der Waals surface area contributed by atoms with Gasteiger partial charge in [0.05, 0.1) is 15.5 Å². The minimum atomic E-state index is -4.16. The van der Waals surface area contributed by atoms with Crippen molar-refractivity contribution in [2.45, 2.75) is 25.2 Å². The lowest BCUT2D eigenvalue weighted by Gasteiger charge is -2.24. The number of hydrogen-bond acceptors (Lipinski definition) is 5. The molecule has 1 amide bonds. The van der Waals surface area contributed by atoms with E-state index in [0.717, 1.165) is 27.9 Å². The summed E-state index contributed by atoms with van der Waals surface area (Å²) in [5.74, 6) is -0.573. The van der Waals surface area contributed by atoms with E-state index in [1.807, 2.05) is 26.0 Å². The van der Waals surface area contributed by atoms with E-state index >= 15 is 0 Å². The van der Waals surface area contributed by atoms with Gasteiger partial charge in [0.15, 0.2) is 0 Å². The van der Waals surface area contributed by atoms with Gasteiger partial charge in [-0.1, -0.05) is 42.8 Å². The van der Waals surface area contributed by atoms with E-state index < -0.39 is 27.4 Å². The van der Waals surface area contributed by atoms with Gasteiger partial charge in [-0.3, -0.25) is 19.2 Å². The third-order valence-electron chi connectivity index (χ3n) is 4.87. The van der Waals surface area contributed by atoms with Crippen LogP contribution in [0, 0.1) is 17.0 Å². The summed E-state index contributed by atoms with van der Waals surface area (Å²) < 4.78 is 27.6. The lowest BCUT2D eigenvalue weighted by atomic mass is 10.1. The minimum absolute atomic E-state index is 0.0188. The quantitative estimate of drug-likeness (QED) is 0.404. The van der Waals surface area contributed by atoms with Gasteiger partial charge in [-0.05, 0) is 49.2 Å². The van der Waals surface area contributed by atoms with Crippen LogP contribution in [0.25, 0.3) is 0 Å². The number of rotatable bonds is 8. The van der Waals surface area contributed by atoms with Gasteiger partial charge in [-0.2, -0.15) is 0 Å². The summed E-state index contributed by atoms with van der Waals surface area (Å²) >= 11 is 0. The molecule has 0 fully saturated rings. The zero-order valence-electron chi connectivity index (χ0n) is 17.7. The number of anilines is 2. The standard InChI is InChI=1S/C23H23N3O5S/c1-3-18-9-11-19(12-10-18)24-23(27)16-25(20-5-4-6-21(15-20)26(28)29)32(30,31)22-13-7-17(2)8-14-22/h4-15H,3,16H2,1-2H3,(H,24,27). The topological polar surface area (TPSA) is 110 Å². The Morgan fingerprint density at radius 3 is 2.28 bits per heavy atom. The number of amides is 1. The molecule has 3 rings (SSSR count). The summed E-state index contributed by atoms with van der Waals surface area (Å²) in [6.07, 6.45) is 0.851. The molecule has 0 aliphatic carbocycles. The molecule has 8 nitrogen and oxygen atoms in total. The van der Waals surface area contributed by atoms with E-state index in [1.165, 1.54) is 30.3 Å². The predicted molar refractivity (Wildman–Crippen MR) is 123 cm³/mol. The maximum absolute atomic E-state index is 13.4. The molecule has 0 saturated carbocycles. The van der Waals surface area contributed by atoms with E-state index in [-0.39, 0.29) is 16.3 Å². The van der Waals surface area contributed by atoms with E-state index in [0.29, 0.717) is 5.69 Å². The number of nitrogens with one attached hydrogen (secondary N) is 1. The molecular weight excluding hydrogens is 430 g/mol. The van der Waals surface area contributed by atoms with Crippen LogP contribution < -0.4 is 9.62 Å². The summed E-state index contributed by atoms with van der Waals surface area (Å²) in [4.78, 5) is 23.3. The Morgan fingerprint density at radius 2 is 1.69 bits per heavy atom. The molecule has 0 radical (unpaired) electrons. The van der Waals surface area contributed by atoms with Crippen molar-refractivity contribution in [3.05, 3.63) is 94.0 Å². The van der Waals surface area contributed by atoms with E-state index in [9.17, 15) is 23.3 Å². The molecule has 0 aromatic heterocycles. The van der Waals surface area contributed by atoms with Crippen LogP contribution in [0.4, 0.5) is 17.1 Å². The lowest BCUT2D eigenvalue weighted by Crippen LogP contribution is -2.38. The van der Waals surface area contributed by atoms with Crippen molar-refractivity contribution < 1.29 is 18.1 Å². The molecule has 0 aliphatic rings. The molecule has 1 N–H and O–H groups in total. The zero-order valence-corrected chi connectivity index (χ0v) is 18.5. The first kappa shape index (κ1) is 23.0. The lowest BCUT2D eigenvalue weighted by molar-refractivity contribution is -0.384. The van der Waals surface area contributed by atoms with Crippen LogP contribution in [-0.2, 0) is 21.2 Å². The SMILES string of the molecule is CCc1ccc(NC(=O)CN(c2cccc([N+](=O)[O-])c2)S(=O)(=O)c2ccc(C)cc2)cc1. The van der Waals surface area contributed by atoms with E-state index in [4.69, 9.17) is 0 Å². The number of nitro benzene ring substituents is 1. The van der Waals surface area contributed by atoms with Crippen LogP contribution in [0.2, 0.25) is 0 Å². The first-order valence-electron chi connectivity index (χ1n) is 9.93. The van der Waals surface area contributed by atoms with Crippen molar-refractivity contribution in [3.63, 3.8) is 0 Å². The summed E-state index contributed by atoms with van der Waals surface area (Å²) in [7, 11) is -4.16. The Labute approximate surface area is 186 Å². The molecular formula is C23H23N3O5S. The number of hydrogen-bond donors (Lipinski definition) is 1. The van der Waals surface area contributed by atoms with Crippen LogP contribution in [-0.4, -0.2) is 25.8 Å². The van der Waals surface area contributed by atoms with Crippen LogP contribution in [0.5, 0.6) is 0 Å². The number of carbonyl (C=O) groups is 1. The molecule has 0 heterocycles. The van der Waals surface area contributed by atoms with Crippen molar-refractivity contribution >= 4 is 33.0 Å². The average molecular weight is 454 g/mol. The molecule has 0 spiro atoms. The van der Waals surface area contributed by atoms with Crippen molar-refractivity contribution in [1.82, 2.24) is 0 Å². The summed E-state index contributed by atoms with van der Waals surface area (Å²) in [6, 6.07) is 18.6. The van der Waals surface area contributed by atoms with Gasteiger partial charge in [-0.25, -0.2) is 8.42 Å². The molecule has 9 heteroatoms. The van der Waals surface area contributed by atoms with E-state index in [1.54, 1.807) is 24.3 Å². The molecule has 0 atom stereocenters. The number of carbonyl (C=O) groups excluding carboxylic acids is 1. The highest BCUT2D eigenvalue weighted by Gasteiger charge is 2.28. The molecule has 166 valence electrons. The van der Waals surface area contributed by atoms with Crippen molar-refractivity contribution in [2.75, 3.05) is 16.2 Å². The molecule has 0 bridgehead atoms. The van der Waals surface area contributed by atoms with Gasteiger partial charge >= 0.3 is 0 Å². The van der Waals surface area contributed by atoms with Gasteiger partial charge in [0.2, 0.25) is 5.91 Å². The molecule has 0 saturated heterocycles. The smallest absolute Gasteiger partial charge is 0.271 e. The molecule has 32 heavy (non-hydrogen) atoms. The maximum Gasteiger partial charge on any atom is 0.271 e. The summed E-state index contributed by atoms with van der Waals surface area (Å²) in [6.45, 7) is 3.29. The maximum atomic E-state index is 13.4. The molecule has 0 aliphatic heterocycles. The van der Waals surface area contributed by atoms with Gasteiger partial charge in [-0.15, -0.1) is 0 Å². The first-order valence-corrected chi connectivity index (χ1v) is 11.4. The largest absolute Gasteiger partial charge is 0.325 e. The Bertz CT molecular complexity index is 1220. The molecule has 3 aromatic rings. The Balaban J connectivity index is 1.96. The van der Waals surface area contributed by atoms with Gasteiger partial charge in [0.25, 0.3) is 15.7 Å². The number of sulfonamides is 1. The van der Waals surface area contributed by atoms with Crippen molar-refractivity contribution in [3.8, 4) is 0 Å². The minimum Gasteiger partial charge on any atom is -0.325 e. The summed E-state index contributed by atoms with van der Waals surface area (Å²) in [5, 5.41) is 13.9. The number of nitrogens with zero attached hydrogens (tertiary/aromatic N) is 2. The van der Waals surface area contributed by atoms with Crippen molar-refractivity contribution in [1.29, 1.82) is 0 Å². The highest BCUT2D eigenvalue weighted by atomic mass is 32.2. The second kappa shape index (κ2) is 9.61. The predicted octanol–water partition coefficient (Wildman–Crippen LogP) is 4.30. The van der Waals surface area contributed by atoms with Crippen LogP contribution >= 0.6 is 0 Å². The van der Waals surface area contributed by atoms with Crippen LogP contribution in [0.15, 0.2) is 77.7 Å². The Hall–Kier alpha value is -3.72.